The van der Waals surface area contributed by atoms with Crippen LogP contribution in [-0.2, 0) is 9.47 Å². The Hall–Kier alpha value is -3.92. The summed E-state index contributed by atoms with van der Waals surface area (Å²) in [5.74, 6) is -0.408. The lowest BCUT2D eigenvalue weighted by Gasteiger charge is -2.64. The summed E-state index contributed by atoms with van der Waals surface area (Å²) in [5.41, 5.74) is 4.87. The minimum atomic E-state index is -0.584. The largest absolute Gasteiger partial charge is 0.454 e. The lowest BCUT2D eigenvalue weighted by atomic mass is 9.43. The first-order valence-electron chi connectivity index (χ1n) is 14.3. The third kappa shape index (κ3) is 3.51. The number of fused-ring (bicyclic) bond motifs is 2. The predicted octanol–water partition coefficient (Wildman–Crippen LogP) is 7.91. The van der Waals surface area contributed by atoms with E-state index in [1.807, 2.05) is 50.2 Å². The number of aryl methyl sites for hydroxylation is 2. The Kier molecular flexibility index (Phi) is 5.51. The second kappa shape index (κ2) is 8.79. The van der Waals surface area contributed by atoms with Gasteiger partial charge in [0.1, 0.15) is 12.2 Å². The van der Waals surface area contributed by atoms with Crippen molar-refractivity contribution in [2.45, 2.75) is 64.6 Å². The van der Waals surface area contributed by atoms with Crippen molar-refractivity contribution in [3.8, 4) is 0 Å². The van der Waals surface area contributed by atoms with Gasteiger partial charge in [0.25, 0.3) is 0 Å². The highest BCUT2D eigenvalue weighted by molar-refractivity contribution is 5.94. The molecule has 0 amide bonds. The van der Waals surface area contributed by atoms with Crippen LogP contribution in [-0.4, -0.2) is 24.1 Å². The molecule has 3 fully saturated rings. The van der Waals surface area contributed by atoms with Gasteiger partial charge in [-0.1, -0.05) is 85.6 Å². The number of carbonyl (C=O) groups is 2. The van der Waals surface area contributed by atoms with Crippen molar-refractivity contribution >= 4 is 22.7 Å². The molecule has 202 valence electrons. The van der Waals surface area contributed by atoms with E-state index in [4.69, 9.17) is 9.47 Å². The Morgan fingerprint density at radius 2 is 1.07 bits per heavy atom. The van der Waals surface area contributed by atoms with Crippen molar-refractivity contribution in [2.75, 3.05) is 0 Å². The Balaban J connectivity index is 1.36. The number of esters is 2. The van der Waals surface area contributed by atoms with Gasteiger partial charge in [0.05, 0.1) is 11.1 Å². The first kappa shape index (κ1) is 25.1. The molecule has 0 saturated heterocycles. The Morgan fingerprint density at radius 3 is 1.50 bits per heavy atom. The Morgan fingerprint density at radius 1 is 0.650 bits per heavy atom. The molecule has 4 aromatic rings. The fraction of sp³-hybridized carbons (Fsp3) is 0.333. The van der Waals surface area contributed by atoms with E-state index < -0.39 is 23.0 Å². The average molecular weight is 531 g/mol. The zero-order chi connectivity index (χ0) is 27.8. The molecule has 8 rings (SSSR count). The second-order valence-electron chi connectivity index (χ2n) is 12.7. The number of carbonyl (C=O) groups excluding carboxylic acids is 2. The molecule has 0 spiro atoms. The fourth-order valence-corrected chi connectivity index (χ4v) is 8.23. The zero-order valence-corrected chi connectivity index (χ0v) is 23.4. The summed E-state index contributed by atoms with van der Waals surface area (Å²) < 4.78 is 13.0. The highest BCUT2D eigenvalue weighted by Crippen LogP contribution is 2.73. The minimum absolute atomic E-state index is 0.164. The quantitative estimate of drug-likeness (QED) is 0.252. The van der Waals surface area contributed by atoms with Gasteiger partial charge in [-0.3, -0.25) is 0 Å². The van der Waals surface area contributed by atoms with Crippen LogP contribution in [0.3, 0.4) is 0 Å². The molecular weight excluding hydrogens is 496 g/mol. The maximum atomic E-state index is 13.7. The number of hydrogen-bond acceptors (Lipinski definition) is 4. The molecule has 6 atom stereocenters. The standard InChI is InChI=1S/C36H34O4/c1-21-9-5-13-24(19-21)33(37)39-31-32(40-34(38)25-14-6-10-22(2)20-25)36(4)18-17-35(31,3)29-26-15-7-11-23-12-8-16-27(28(23)26)30(29)36/h5-16,19-20,29-32H,17-18H2,1-4H3. The highest BCUT2D eigenvalue weighted by Gasteiger charge is 2.70. The number of rotatable bonds is 4. The molecule has 3 saturated carbocycles. The zero-order valence-electron chi connectivity index (χ0n) is 23.4. The van der Waals surface area contributed by atoms with E-state index in [1.54, 1.807) is 12.1 Å². The topological polar surface area (TPSA) is 52.6 Å². The van der Waals surface area contributed by atoms with Crippen molar-refractivity contribution in [3.63, 3.8) is 0 Å². The van der Waals surface area contributed by atoms with E-state index in [1.165, 1.54) is 21.9 Å². The maximum Gasteiger partial charge on any atom is 0.338 e. The predicted molar refractivity (Wildman–Crippen MR) is 156 cm³/mol. The first-order chi connectivity index (χ1) is 19.2. The smallest absolute Gasteiger partial charge is 0.338 e. The van der Waals surface area contributed by atoms with Gasteiger partial charge in [0.2, 0.25) is 0 Å². The normalized spacial score (nSPS) is 29.7. The molecule has 0 aliphatic heterocycles. The van der Waals surface area contributed by atoms with Crippen LogP contribution >= 0.6 is 0 Å². The molecule has 4 heteroatoms. The molecule has 4 aliphatic carbocycles. The molecule has 2 bridgehead atoms. The van der Waals surface area contributed by atoms with Crippen molar-refractivity contribution in [1.29, 1.82) is 0 Å². The van der Waals surface area contributed by atoms with Crippen LogP contribution in [0.5, 0.6) is 0 Å². The molecule has 4 aliphatic rings. The SMILES string of the molecule is Cc1cccc(C(=O)OC2C(OC(=O)c3cccc(C)c3)C3(C)CCC2(C)C2c4cccc5cccc(c45)C23)c1. The summed E-state index contributed by atoms with van der Waals surface area (Å²) in [6, 6.07) is 28.1. The van der Waals surface area contributed by atoms with Crippen LogP contribution < -0.4 is 0 Å². The van der Waals surface area contributed by atoms with E-state index in [0.717, 1.165) is 24.0 Å². The third-order valence-electron chi connectivity index (χ3n) is 10.1. The summed E-state index contributed by atoms with van der Waals surface area (Å²) in [4.78, 5) is 27.3. The van der Waals surface area contributed by atoms with Crippen molar-refractivity contribution in [1.82, 2.24) is 0 Å². The van der Waals surface area contributed by atoms with Crippen LogP contribution in [0.15, 0.2) is 84.9 Å². The van der Waals surface area contributed by atoms with Crippen molar-refractivity contribution in [2.24, 2.45) is 10.8 Å². The summed E-state index contributed by atoms with van der Waals surface area (Å²) in [7, 11) is 0. The number of benzene rings is 4. The summed E-state index contributed by atoms with van der Waals surface area (Å²) in [5, 5.41) is 2.55. The van der Waals surface area contributed by atoms with Crippen LogP contribution in [0.1, 0.15) is 81.5 Å². The Bertz CT molecular complexity index is 1570. The molecular formula is C36H34O4. The summed E-state index contributed by atoms with van der Waals surface area (Å²) >= 11 is 0. The van der Waals surface area contributed by atoms with Gasteiger partial charge in [-0.15, -0.1) is 0 Å². The van der Waals surface area contributed by atoms with Crippen LogP contribution in [0, 0.1) is 24.7 Å². The van der Waals surface area contributed by atoms with Crippen LogP contribution in [0.4, 0.5) is 0 Å². The van der Waals surface area contributed by atoms with Crippen LogP contribution in [0.25, 0.3) is 10.8 Å². The van der Waals surface area contributed by atoms with Crippen LogP contribution in [0.2, 0.25) is 0 Å². The van der Waals surface area contributed by atoms with Gasteiger partial charge in [-0.05, 0) is 72.9 Å². The molecule has 0 N–H and O–H groups in total. The second-order valence-corrected chi connectivity index (χ2v) is 12.7. The minimum Gasteiger partial charge on any atom is -0.454 e. The Labute approximate surface area is 235 Å². The average Bonchev–Trinajstić information content (AvgIpc) is 3.30. The number of ether oxygens (including phenoxy) is 2. The first-order valence-corrected chi connectivity index (χ1v) is 14.3. The molecule has 4 aromatic carbocycles. The van der Waals surface area contributed by atoms with Crippen molar-refractivity contribution < 1.29 is 19.1 Å². The number of hydrogen-bond donors (Lipinski definition) is 0. The molecule has 40 heavy (non-hydrogen) atoms. The van der Waals surface area contributed by atoms with E-state index in [9.17, 15) is 9.59 Å². The van der Waals surface area contributed by atoms with Gasteiger partial charge >= 0.3 is 11.9 Å². The monoisotopic (exact) mass is 530 g/mol. The fourth-order valence-electron chi connectivity index (χ4n) is 8.23. The third-order valence-corrected chi connectivity index (χ3v) is 10.1. The lowest BCUT2D eigenvalue weighted by molar-refractivity contribution is -0.210. The molecule has 4 nitrogen and oxygen atoms in total. The van der Waals surface area contributed by atoms with Gasteiger partial charge in [0.15, 0.2) is 0 Å². The van der Waals surface area contributed by atoms with Gasteiger partial charge in [-0.25, -0.2) is 9.59 Å². The van der Waals surface area contributed by atoms with E-state index in [-0.39, 0.29) is 23.8 Å². The van der Waals surface area contributed by atoms with Gasteiger partial charge in [0, 0.05) is 22.7 Å². The van der Waals surface area contributed by atoms with E-state index >= 15 is 0 Å². The van der Waals surface area contributed by atoms with Crippen molar-refractivity contribution in [3.05, 3.63) is 118 Å². The summed E-state index contributed by atoms with van der Waals surface area (Å²) in [6.07, 6.45) is 0.608. The summed E-state index contributed by atoms with van der Waals surface area (Å²) in [6.45, 7) is 8.43. The maximum absolute atomic E-state index is 13.7. The highest BCUT2D eigenvalue weighted by atomic mass is 16.6. The molecule has 0 radical (unpaired) electrons. The molecule has 6 unspecified atom stereocenters. The molecule has 0 heterocycles. The van der Waals surface area contributed by atoms with Gasteiger partial charge in [-0.2, -0.15) is 0 Å². The van der Waals surface area contributed by atoms with E-state index in [2.05, 4.69) is 50.2 Å². The molecule has 0 aromatic heterocycles. The lowest BCUT2D eigenvalue weighted by Crippen LogP contribution is -2.66. The van der Waals surface area contributed by atoms with E-state index in [0.29, 0.717) is 11.1 Å². The van der Waals surface area contributed by atoms with Gasteiger partial charge < -0.3 is 9.47 Å².